The molecule has 1 heterocycles. The van der Waals surface area contributed by atoms with Crippen molar-refractivity contribution in [2.45, 2.75) is 19.0 Å². The van der Waals surface area contributed by atoms with Gasteiger partial charge >= 0.3 is 0 Å². The van der Waals surface area contributed by atoms with Gasteiger partial charge in [0.05, 0.1) is 0 Å². The molecule has 0 aromatic carbocycles. The Morgan fingerprint density at radius 3 is 2.60 bits per heavy atom. The monoisotopic (exact) mass is 212 g/mol. The maximum Gasteiger partial charge on any atom is 0.167 e. The number of methoxy groups -OCH3 is 2. The Kier molecular flexibility index (Phi) is 3.19. The van der Waals surface area contributed by atoms with Crippen LogP contribution >= 0.6 is 0 Å². The Morgan fingerprint density at radius 2 is 2.00 bits per heavy atom. The van der Waals surface area contributed by atoms with Crippen molar-refractivity contribution >= 4 is 6.29 Å². The quantitative estimate of drug-likeness (QED) is 0.514. The average Bonchev–Trinajstić information content (AvgIpc) is 2.79. The minimum Gasteiger partial charge on any atom is -0.355 e. The summed E-state index contributed by atoms with van der Waals surface area (Å²) in [5.41, 5.74) is 0. The number of aldehydes is 1. The summed E-state index contributed by atoms with van der Waals surface area (Å²) >= 11 is 0. The standard InChI is InChI=1S/C11H16O4/c1-13-10-8-4-3-7(5-6-12)9(8)11(14-2)15-10/h3-4,6-11H,5H2,1-2H3/t7?,8?,9?,10-,11+/m0/s1. The van der Waals surface area contributed by atoms with Gasteiger partial charge in [-0.05, 0) is 5.92 Å². The first-order chi connectivity index (χ1) is 7.31. The van der Waals surface area contributed by atoms with Crippen LogP contribution in [0, 0.1) is 17.8 Å². The van der Waals surface area contributed by atoms with Gasteiger partial charge < -0.3 is 19.0 Å². The molecule has 0 radical (unpaired) electrons. The Labute approximate surface area is 89.2 Å². The van der Waals surface area contributed by atoms with Crippen molar-refractivity contribution in [2.75, 3.05) is 14.2 Å². The van der Waals surface area contributed by atoms with Gasteiger partial charge in [-0.3, -0.25) is 0 Å². The molecule has 84 valence electrons. The summed E-state index contributed by atoms with van der Waals surface area (Å²) in [6, 6.07) is 0. The van der Waals surface area contributed by atoms with Crippen LogP contribution < -0.4 is 0 Å². The summed E-state index contributed by atoms with van der Waals surface area (Å²) in [6.45, 7) is 0. The number of ether oxygens (including phenoxy) is 3. The molecule has 4 nitrogen and oxygen atoms in total. The second-order valence-electron chi connectivity index (χ2n) is 3.95. The maximum absolute atomic E-state index is 10.5. The van der Waals surface area contributed by atoms with Crippen LogP contribution in [0.3, 0.4) is 0 Å². The number of carbonyl (C=O) groups excluding carboxylic acids is 1. The van der Waals surface area contributed by atoms with Crippen LogP contribution in [0.25, 0.3) is 0 Å². The predicted molar refractivity (Wildman–Crippen MR) is 53.0 cm³/mol. The van der Waals surface area contributed by atoms with Crippen LogP contribution in [0.1, 0.15) is 6.42 Å². The number of hydrogen-bond donors (Lipinski definition) is 0. The molecule has 0 aromatic rings. The van der Waals surface area contributed by atoms with E-state index >= 15 is 0 Å². The Morgan fingerprint density at radius 1 is 1.27 bits per heavy atom. The normalized spacial score (nSPS) is 43.2. The number of carbonyl (C=O) groups is 1. The summed E-state index contributed by atoms with van der Waals surface area (Å²) in [7, 11) is 3.25. The van der Waals surface area contributed by atoms with Crippen molar-refractivity contribution < 1.29 is 19.0 Å². The van der Waals surface area contributed by atoms with E-state index in [1.807, 2.05) is 0 Å². The second kappa shape index (κ2) is 4.43. The number of hydrogen-bond acceptors (Lipinski definition) is 4. The van der Waals surface area contributed by atoms with Crippen LogP contribution in [0.5, 0.6) is 0 Å². The number of rotatable bonds is 4. The van der Waals surface area contributed by atoms with Gasteiger partial charge in [-0.25, -0.2) is 0 Å². The van der Waals surface area contributed by atoms with Gasteiger partial charge in [-0.1, -0.05) is 12.2 Å². The summed E-state index contributed by atoms with van der Waals surface area (Å²) in [5.74, 6) is 0.646. The van der Waals surface area contributed by atoms with Crippen molar-refractivity contribution in [3.63, 3.8) is 0 Å². The average molecular weight is 212 g/mol. The van der Waals surface area contributed by atoms with Gasteiger partial charge in [0.15, 0.2) is 12.6 Å². The highest BCUT2D eigenvalue weighted by Gasteiger charge is 2.49. The largest absolute Gasteiger partial charge is 0.355 e. The number of fused-ring (bicyclic) bond motifs is 1. The molecule has 1 aliphatic carbocycles. The molecule has 0 aromatic heterocycles. The minimum absolute atomic E-state index is 0.213. The maximum atomic E-state index is 10.5. The van der Waals surface area contributed by atoms with Gasteiger partial charge in [0.1, 0.15) is 6.29 Å². The van der Waals surface area contributed by atoms with E-state index in [9.17, 15) is 4.79 Å². The van der Waals surface area contributed by atoms with E-state index in [1.165, 1.54) is 0 Å². The third kappa shape index (κ3) is 1.73. The Hall–Kier alpha value is -0.710. The van der Waals surface area contributed by atoms with Gasteiger partial charge in [0.25, 0.3) is 0 Å². The van der Waals surface area contributed by atoms with Gasteiger partial charge in [0, 0.05) is 32.5 Å². The molecule has 2 aliphatic rings. The van der Waals surface area contributed by atoms with E-state index in [0.717, 1.165) is 6.29 Å². The summed E-state index contributed by atoms with van der Waals surface area (Å²) < 4.78 is 16.1. The molecule has 1 fully saturated rings. The lowest BCUT2D eigenvalue weighted by Crippen LogP contribution is -2.25. The van der Waals surface area contributed by atoms with Gasteiger partial charge in [0.2, 0.25) is 0 Å². The van der Waals surface area contributed by atoms with Crippen molar-refractivity contribution in [1.82, 2.24) is 0 Å². The molecule has 0 bridgehead atoms. The molecule has 4 heteroatoms. The van der Waals surface area contributed by atoms with E-state index in [-0.39, 0.29) is 30.3 Å². The topological polar surface area (TPSA) is 44.8 Å². The Balaban J connectivity index is 2.12. The van der Waals surface area contributed by atoms with Crippen LogP contribution in [-0.4, -0.2) is 33.1 Å². The molecule has 5 atom stereocenters. The molecule has 0 saturated carbocycles. The minimum atomic E-state index is -0.264. The van der Waals surface area contributed by atoms with Crippen molar-refractivity contribution in [2.24, 2.45) is 17.8 Å². The lowest BCUT2D eigenvalue weighted by molar-refractivity contribution is -0.198. The zero-order chi connectivity index (χ0) is 10.8. The SMILES string of the molecule is CO[C@H]1O[C@@H](OC)C2C(CC=O)C=CC21. The van der Waals surface area contributed by atoms with Gasteiger partial charge in [-0.15, -0.1) is 0 Å². The van der Waals surface area contributed by atoms with Crippen molar-refractivity contribution in [1.29, 1.82) is 0 Å². The molecule has 15 heavy (non-hydrogen) atoms. The highest BCUT2D eigenvalue weighted by molar-refractivity contribution is 5.50. The van der Waals surface area contributed by atoms with Crippen LogP contribution in [-0.2, 0) is 19.0 Å². The van der Waals surface area contributed by atoms with Crippen LogP contribution in [0.2, 0.25) is 0 Å². The van der Waals surface area contributed by atoms with Crippen molar-refractivity contribution in [3.05, 3.63) is 12.2 Å². The third-order valence-corrected chi connectivity index (χ3v) is 3.25. The molecular formula is C11H16O4. The molecule has 1 saturated heterocycles. The van der Waals surface area contributed by atoms with E-state index in [0.29, 0.717) is 6.42 Å². The van der Waals surface area contributed by atoms with Gasteiger partial charge in [-0.2, -0.15) is 0 Å². The molecule has 0 amide bonds. The van der Waals surface area contributed by atoms with E-state index in [4.69, 9.17) is 14.2 Å². The fourth-order valence-corrected chi connectivity index (χ4v) is 2.55. The highest BCUT2D eigenvalue weighted by atomic mass is 16.8. The van der Waals surface area contributed by atoms with E-state index < -0.39 is 0 Å². The molecular weight excluding hydrogens is 196 g/mol. The summed E-state index contributed by atoms with van der Waals surface area (Å²) in [6.07, 6.45) is 5.12. The first-order valence-corrected chi connectivity index (χ1v) is 5.14. The molecule has 0 spiro atoms. The lowest BCUT2D eigenvalue weighted by Gasteiger charge is -2.20. The predicted octanol–water partition coefficient (Wildman–Crippen LogP) is 0.969. The fraction of sp³-hybridized carbons (Fsp3) is 0.727. The van der Waals surface area contributed by atoms with E-state index in [2.05, 4.69) is 12.2 Å². The molecule has 1 aliphatic heterocycles. The van der Waals surface area contributed by atoms with E-state index in [1.54, 1.807) is 14.2 Å². The summed E-state index contributed by atoms with van der Waals surface area (Å²) in [4.78, 5) is 10.5. The van der Waals surface area contributed by atoms with Crippen molar-refractivity contribution in [3.8, 4) is 0 Å². The second-order valence-corrected chi connectivity index (χ2v) is 3.95. The van der Waals surface area contributed by atoms with Crippen LogP contribution in [0.15, 0.2) is 12.2 Å². The smallest absolute Gasteiger partial charge is 0.167 e. The molecule has 2 rings (SSSR count). The summed E-state index contributed by atoms with van der Waals surface area (Å²) in [5, 5.41) is 0. The number of allylic oxidation sites excluding steroid dienone is 1. The zero-order valence-corrected chi connectivity index (χ0v) is 8.96. The molecule has 3 unspecified atom stereocenters. The van der Waals surface area contributed by atoms with Crippen LogP contribution in [0.4, 0.5) is 0 Å². The molecule has 0 N–H and O–H groups in total. The lowest BCUT2D eigenvalue weighted by atomic mass is 9.87. The zero-order valence-electron chi connectivity index (χ0n) is 8.96. The highest BCUT2D eigenvalue weighted by Crippen LogP contribution is 2.45. The first kappa shape index (κ1) is 10.8. The Bertz CT molecular complexity index is 263. The first-order valence-electron chi connectivity index (χ1n) is 5.14. The fourth-order valence-electron chi connectivity index (χ4n) is 2.55. The third-order valence-electron chi connectivity index (χ3n) is 3.25.